The van der Waals surface area contributed by atoms with E-state index in [2.05, 4.69) is 20.8 Å². The highest BCUT2D eigenvalue weighted by atomic mass is 32.2. The minimum Gasteiger partial charge on any atom is -0.545 e. The summed E-state index contributed by atoms with van der Waals surface area (Å²) in [6, 6.07) is 3.12. The average molecular weight is 435 g/mol. The molecule has 0 unspecified atom stereocenters. The van der Waals surface area contributed by atoms with Gasteiger partial charge < -0.3 is 9.90 Å². The zero-order chi connectivity index (χ0) is 22.1. The lowest BCUT2D eigenvalue weighted by molar-refractivity contribution is -0.255. The molecule has 0 N–H and O–H groups in total. The number of carboxylic acids is 1. The third-order valence-electron chi connectivity index (χ3n) is 4.56. The van der Waals surface area contributed by atoms with Gasteiger partial charge in [0.05, 0.1) is 11.5 Å². The molecule has 0 aliphatic rings. The first kappa shape index (κ1) is 27.8. The highest BCUT2D eigenvalue weighted by Gasteiger charge is 2.29. The second kappa shape index (κ2) is 16.6. The molecule has 0 saturated heterocycles. The third-order valence-corrected chi connectivity index (χ3v) is 7.16. The summed E-state index contributed by atoms with van der Waals surface area (Å²) in [6.07, 6.45) is 8.49. The molecule has 0 spiro atoms. The van der Waals surface area contributed by atoms with Gasteiger partial charge in [-0.25, -0.2) is 0 Å². The van der Waals surface area contributed by atoms with Gasteiger partial charge >= 0.3 is 6.18 Å². The van der Waals surface area contributed by atoms with Crippen molar-refractivity contribution < 1.29 is 23.1 Å². The van der Waals surface area contributed by atoms with E-state index in [0.717, 1.165) is 23.0 Å². The second-order valence-corrected chi connectivity index (χ2v) is 9.66. The smallest absolute Gasteiger partial charge is 0.416 e. The van der Waals surface area contributed by atoms with E-state index in [4.69, 9.17) is 0 Å². The minimum absolute atomic E-state index is 0.270. The summed E-state index contributed by atoms with van der Waals surface area (Å²) >= 11 is 0. The van der Waals surface area contributed by atoms with Crippen LogP contribution in [0.5, 0.6) is 0 Å². The van der Waals surface area contributed by atoms with E-state index in [1.165, 1.54) is 75.0 Å². The lowest BCUT2D eigenvalue weighted by Gasteiger charge is -2.08. The van der Waals surface area contributed by atoms with Crippen LogP contribution < -0.4 is 5.11 Å². The summed E-state index contributed by atoms with van der Waals surface area (Å²) in [7, 11) is 0.771. The molecule has 0 radical (unpaired) electrons. The Morgan fingerprint density at radius 1 is 0.793 bits per heavy atom. The molecule has 0 aromatic heterocycles. The van der Waals surface area contributed by atoms with Crippen molar-refractivity contribution in [3.8, 4) is 0 Å². The highest BCUT2D eigenvalue weighted by molar-refractivity contribution is 7.96. The van der Waals surface area contributed by atoms with Crippen molar-refractivity contribution in [1.82, 2.24) is 0 Å². The number of carboxylic acid groups (broad SMARTS) is 1. The Bertz CT molecular complexity index is 506. The second-order valence-electron chi connectivity index (χ2n) is 7.21. The molecule has 0 saturated carbocycles. The first-order chi connectivity index (χ1) is 13.8. The Morgan fingerprint density at radius 2 is 1.17 bits per heavy atom. The molecule has 0 aliphatic heterocycles. The van der Waals surface area contributed by atoms with Gasteiger partial charge in [-0.15, -0.1) is 0 Å². The van der Waals surface area contributed by atoms with Crippen LogP contribution >= 0.6 is 0 Å². The Balaban J connectivity index is 0.000000551. The number of unbranched alkanes of at least 4 members (excludes halogenated alkanes) is 6. The Morgan fingerprint density at radius 3 is 1.45 bits per heavy atom. The molecule has 0 bridgehead atoms. The third kappa shape index (κ3) is 14.5. The summed E-state index contributed by atoms with van der Waals surface area (Å²) in [5.41, 5.74) is -1.15. The largest absolute Gasteiger partial charge is 0.545 e. The number of carbonyl (C=O) groups is 1. The zero-order valence-electron chi connectivity index (χ0n) is 18.2. The van der Waals surface area contributed by atoms with E-state index in [1.54, 1.807) is 0 Å². The van der Waals surface area contributed by atoms with Crippen LogP contribution in [-0.4, -0.2) is 23.2 Å². The number of alkyl halides is 3. The molecule has 0 aliphatic carbocycles. The van der Waals surface area contributed by atoms with Crippen LogP contribution in [0.3, 0.4) is 0 Å². The quantitative estimate of drug-likeness (QED) is 0.272. The molecule has 0 fully saturated rings. The molecule has 1 rings (SSSR count). The first-order valence-electron chi connectivity index (χ1n) is 10.8. The van der Waals surface area contributed by atoms with Crippen molar-refractivity contribution >= 4 is 16.9 Å². The van der Waals surface area contributed by atoms with Gasteiger partial charge in [-0.05, 0) is 67.1 Å². The SMILES string of the molecule is CCCCC[S+](CCCCC)CCCCC.O=C([O-])c1ccc(C(F)(F)F)cc1. The lowest BCUT2D eigenvalue weighted by atomic mass is 10.1. The van der Waals surface area contributed by atoms with E-state index in [-0.39, 0.29) is 5.56 Å². The summed E-state index contributed by atoms with van der Waals surface area (Å²) in [5.74, 6) is 3.10. The van der Waals surface area contributed by atoms with E-state index in [1.807, 2.05) is 0 Å². The Labute approximate surface area is 177 Å². The van der Waals surface area contributed by atoms with Crippen molar-refractivity contribution in [2.75, 3.05) is 17.3 Å². The molecule has 168 valence electrons. The van der Waals surface area contributed by atoms with E-state index < -0.39 is 17.7 Å². The van der Waals surface area contributed by atoms with Crippen LogP contribution in [0.25, 0.3) is 0 Å². The lowest BCUT2D eigenvalue weighted by Crippen LogP contribution is -2.22. The van der Waals surface area contributed by atoms with Crippen molar-refractivity contribution in [3.05, 3.63) is 35.4 Å². The van der Waals surface area contributed by atoms with Crippen LogP contribution in [0.1, 0.15) is 94.5 Å². The molecular formula is C23H37F3O2S. The fourth-order valence-corrected chi connectivity index (χ4v) is 5.22. The highest BCUT2D eigenvalue weighted by Crippen LogP contribution is 2.28. The van der Waals surface area contributed by atoms with Gasteiger partial charge in [-0.3, -0.25) is 0 Å². The minimum atomic E-state index is -4.44. The standard InChI is InChI=1S/C15H33S.C8H5F3O2/c1-4-7-10-13-16(14-11-8-5-2)15-12-9-6-3;9-8(10,11)6-3-1-5(2-4-6)7(12)13/h4-15H2,1-3H3;1-4H,(H,12,13)/q+1;/p-1. The zero-order valence-corrected chi connectivity index (χ0v) is 19.0. The van der Waals surface area contributed by atoms with Crippen molar-refractivity contribution in [2.45, 2.75) is 84.7 Å². The number of benzene rings is 1. The van der Waals surface area contributed by atoms with E-state index >= 15 is 0 Å². The van der Waals surface area contributed by atoms with Gasteiger partial charge in [-0.1, -0.05) is 52.2 Å². The van der Waals surface area contributed by atoms with Crippen LogP contribution in [0.2, 0.25) is 0 Å². The molecule has 0 atom stereocenters. The maximum Gasteiger partial charge on any atom is 0.416 e. The molecule has 2 nitrogen and oxygen atoms in total. The number of aromatic carboxylic acids is 1. The van der Waals surface area contributed by atoms with Gasteiger partial charge in [0.25, 0.3) is 0 Å². The fourth-order valence-electron chi connectivity index (χ4n) is 2.77. The van der Waals surface area contributed by atoms with Crippen molar-refractivity contribution in [2.24, 2.45) is 0 Å². The molecular weight excluding hydrogens is 397 g/mol. The van der Waals surface area contributed by atoms with Crippen molar-refractivity contribution in [1.29, 1.82) is 0 Å². The summed E-state index contributed by atoms with van der Waals surface area (Å²) in [4.78, 5) is 10.2. The molecule has 1 aromatic carbocycles. The van der Waals surface area contributed by atoms with Crippen LogP contribution in [0.4, 0.5) is 13.2 Å². The van der Waals surface area contributed by atoms with Gasteiger partial charge in [0.1, 0.15) is 17.3 Å². The Kier molecular flexibility index (Phi) is 15.9. The maximum absolute atomic E-state index is 12.0. The average Bonchev–Trinajstić information content (AvgIpc) is 2.68. The number of rotatable bonds is 13. The number of carbonyl (C=O) groups excluding carboxylic acids is 1. The monoisotopic (exact) mass is 434 g/mol. The van der Waals surface area contributed by atoms with Crippen LogP contribution in [0.15, 0.2) is 24.3 Å². The molecule has 0 heterocycles. The maximum atomic E-state index is 12.0. The predicted octanol–water partition coefficient (Wildman–Crippen LogP) is 6.24. The molecule has 29 heavy (non-hydrogen) atoms. The number of halogens is 3. The number of hydrogen-bond donors (Lipinski definition) is 0. The van der Waals surface area contributed by atoms with E-state index in [0.29, 0.717) is 12.1 Å². The van der Waals surface area contributed by atoms with Gasteiger partial charge in [0.2, 0.25) is 0 Å². The van der Waals surface area contributed by atoms with Gasteiger partial charge in [0, 0.05) is 0 Å². The normalized spacial score (nSPS) is 11.3. The molecule has 1 aromatic rings. The molecule has 6 heteroatoms. The summed E-state index contributed by atoms with van der Waals surface area (Å²) in [5, 5.41) is 10.2. The first-order valence-corrected chi connectivity index (χ1v) is 12.5. The topological polar surface area (TPSA) is 40.1 Å². The van der Waals surface area contributed by atoms with Crippen molar-refractivity contribution in [3.63, 3.8) is 0 Å². The van der Waals surface area contributed by atoms with Crippen LogP contribution in [-0.2, 0) is 17.1 Å². The fraction of sp³-hybridized carbons (Fsp3) is 0.696. The predicted molar refractivity (Wildman–Crippen MR) is 116 cm³/mol. The molecule has 0 amide bonds. The summed E-state index contributed by atoms with van der Waals surface area (Å²) in [6.45, 7) is 6.94. The Hall–Kier alpha value is -1.17. The number of hydrogen-bond acceptors (Lipinski definition) is 2. The van der Waals surface area contributed by atoms with Gasteiger partial charge in [-0.2, -0.15) is 13.2 Å². The van der Waals surface area contributed by atoms with Crippen LogP contribution in [0, 0.1) is 0 Å². The summed E-state index contributed by atoms with van der Waals surface area (Å²) < 4.78 is 35.9. The van der Waals surface area contributed by atoms with E-state index in [9.17, 15) is 23.1 Å². The van der Waals surface area contributed by atoms with Gasteiger partial charge in [0.15, 0.2) is 0 Å².